The van der Waals surface area contributed by atoms with Crippen molar-refractivity contribution in [1.82, 2.24) is 10.9 Å². The van der Waals surface area contributed by atoms with Crippen LogP contribution < -0.4 is 10.9 Å². The van der Waals surface area contributed by atoms with E-state index in [9.17, 15) is 14.4 Å². The van der Waals surface area contributed by atoms with E-state index in [2.05, 4.69) is 10.9 Å². The number of carbonyl (C=O) groups excluding carboxylic acids is 3. The first kappa shape index (κ1) is 20.9. The van der Waals surface area contributed by atoms with Gasteiger partial charge >= 0.3 is 5.97 Å². The molecule has 0 aromatic heterocycles. The lowest BCUT2D eigenvalue weighted by molar-refractivity contribution is -0.148. The average molecular weight is 417 g/mol. The SMILES string of the molecule is O=C(COC(=O)CCCC[C@@H]1CCSS1)NNC(=O)c1ccc(Cl)cc1. The van der Waals surface area contributed by atoms with Crippen molar-refractivity contribution in [2.24, 2.45) is 0 Å². The minimum atomic E-state index is -0.597. The van der Waals surface area contributed by atoms with Crippen molar-refractivity contribution in [2.75, 3.05) is 12.4 Å². The van der Waals surface area contributed by atoms with Crippen molar-refractivity contribution in [3.05, 3.63) is 34.9 Å². The second kappa shape index (κ2) is 11.4. The van der Waals surface area contributed by atoms with Crippen molar-refractivity contribution in [3.8, 4) is 0 Å². The minimum Gasteiger partial charge on any atom is -0.455 e. The van der Waals surface area contributed by atoms with Crippen molar-refractivity contribution < 1.29 is 19.1 Å². The van der Waals surface area contributed by atoms with Crippen molar-refractivity contribution in [3.63, 3.8) is 0 Å². The molecular weight excluding hydrogens is 396 g/mol. The Morgan fingerprint density at radius 1 is 1.15 bits per heavy atom. The number of ether oxygens (including phenoxy) is 1. The minimum absolute atomic E-state index is 0.301. The van der Waals surface area contributed by atoms with Gasteiger partial charge in [0.25, 0.3) is 11.8 Å². The Morgan fingerprint density at radius 3 is 2.62 bits per heavy atom. The number of nitrogens with one attached hydrogen (secondary N) is 2. The molecule has 1 atom stereocenters. The molecule has 142 valence electrons. The van der Waals surface area contributed by atoms with Gasteiger partial charge in [0.05, 0.1) is 0 Å². The molecule has 0 aliphatic carbocycles. The van der Waals surface area contributed by atoms with Gasteiger partial charge in [-0.05, 0) is 43.5 Å². The zero-order valence-corrected chi connectivity index (χ0v) is 16.6. The maximum atomic E-state index is 11.8. The van der Waals surface area contributed by atoms with E-state index in [0.717, 1.165) is 19.3 Å². The predicted molar refractivity (Wildman–Crippen MR) is 105 cm³/mol. The summed E-state index contributed by atoms with van der Waals surface area (Å²) in [7, 11) is 3.84. The number of benzene rings is 1. The number of rotatable bonds is 8. The second-order valence-electron chi connectivity index (χ2n) is 5.74. The Bertz CT molecular complexity index is 622. The third-order valence-corrected chi connectivity index (χ3v) is 6.93. The van der Waals surface area contributed by atoms with Crippen LogP contribution >= 0.6 is 33.2 Å². The van der Waals surface area contributed by atoms with Gasteiger partial charge in [-0.2, -0.15) is 0 Å². The lowest BCUT2D eigenvalue weighted by Crippen LogP contribution is -2.43. The Morgan fingerprint density at radius 2 is 1.92 bits per heavy atom. The summed E-state index contributed by atoms with van der Waals surface area (Å²) < 4.78 is 4.90. The number of amides is 2. The van der Waals surface area contributed by atoms with E-state index in [-0.39, 0.29) is 0 Å². The maximum absolute atomic E-state index is 11.8. The first-order valence-corrected chi connectivity index (χ1v) is 11.1. The highest BCUT2D eigenvalue weighted by molar-refractivity contribution is 8.77. The topological polar surface area (TPSA) is 84.5 Å². The van der Waals surface area contributed by atoms with Crippen molar-refractivity contribution in [2.45, 2.75) is 37.4 Å². The number of esters is 1. The van der Waals surface area contributed by atoms with Gasteiger partial charge in [0.2, 0.25) is 0 Å². The molecule has 0 radical (unpaired) electrons. The first-order chi connectivity index (χ1) is 12.5. The highest BCUT2D eigenvalue weighted by Crippen LogP contribution is 2.39. The monoisotopic (exact) mass is 416 g/mol. The standard InChI is InChI=1S/C17H21ClN2O4S2/c18-13-7-5-12(6-8-13)17(23)20-19-15(21)11-24-16(22)4-2-1-3-14-9-10-25-26-14/h5-8,14H,1-4,9-11H2,(H,19,21)(H,20,23)/t14-/m1/s1. The van der Waals surface area contributed by atoms with E-state index in [1.54, 1.807) is 12.1 Å². The van der Waals surface area contributed by atoms with Crippen LogP contribution in [0.15, 0.2) is 24.3 Å². The number of hydrogen-bond donors (Lipinski definition) is 2. The summed E-state index contributed by atoms with van der Waals surface area (Å²) in [6.07, 6.45) is 4.39. The predicted octanol–water partition coefficient (Wildman–Crippen LogP) is 3.36. The Labute approximate surface area is 165 Å². The van der Waals surface area contributed by atoms with Gasteiger partial charge in [-0.15, -0.1) is 0 Å². The fraction of sp³-hybridized carbons (Fsp3) is 0.471. The second-order valence-corrected chi connectivity index (χ2v) is 8.97. The molecule has 1 fully saturated rings. The van der Waals surface area contributed by atoms with Crippen LogP contribution in [0.5, 0.6) is 0 Å². The number of carbonyl (C=O) groups is 3. The molecule has 0 saturated carbocycles. The fourth-order valence-electron chi connectivity index (χ4n) is 2.26. The summed E-state index contributed by atoms with van der Waals surface area (Å²) in [5.41, 5.74) is 4.80. The smallest absolute Gasteiger partial charge is 0.306 e. The molecule has 1 aromatic rings. The van der Waals surface area contributed by atoms with Gasteiger partial charge in [0.15, 0.2) is 6.61 Å². The third-order valence-electron chi connectivity index (χ3n) is 3.67. The third kappa shape index (κ3) is 7.88. The molecule has 1 aromatic carbocycles. The summed E-state index contributed by atoms with van der Waals surface area (Å²) in [6, 6.07) is 6.22. The van der Waals surface area contributed by atoms with Crippen LogP contribution in [-0.4, -0.2) is 35.4 Å². The molecule has 1 saturated heterocycles. The van der Waals surface area contributed by atoms with Gasteiger partial charge in [-0.25, -0.2) is 0 Å². The molecule has 26 heavy (non-hydrogen) atoms. The van der Waals surface area contributed by atoms with Crippen LogP contribution in [0.1, 0.15) is 42.5 Å². The van der Waals surface area contributed by atoms with Crippen LogP contribution in [0.4, 0.5) is 0 Å². The Balaban J connectivity index is 1.53. The summed E-state index contributed by atoms with van der Waals surface area (Å²) >= 11 is 5.74. The van der Waals surface area contributed by atoms with E-state index in [1.165, 1.54) is 24.3 Å². The maximum Gasteiger partial charge on any atom is 0.306 e. The Kier molecular flexibility index (Phi) is 9.14. The molecule has 2 rings (SSSR count). The molecular formula is C17H21ClN2O4S2. The molecule has 1 aliphatic heterocycles. The van der Waals surface area contributed by atoms with Gasteiger partial charge in [0.1, 0.15) is 0 Å². The van der Waals surface area contributed by atoms with Crippen LogP contribution in [0.3, 0.4) is 0 Å². The van der Waals surface area contributed by atoms with Gasteiger partial charge in [-0.1, -0.05) is 39.6 Å². The van der Waals surface area contributed by atoms with E-state index >= 15 is 0 Å². The van der Waals surface area contributed by atoms with Crippen LogP contribution in [0, 0.1) is 0 Å². The van der Waals surface area contributed by atoms with Gasteiger partial charge < -0.3 is 4.74 Å². The molecule has 9 heteroatoms. The molecule has 0 bridgehead atoms. The molecule has 1 heterocycles. The van der Waals surface area contributed by atoms with Gasteiger partial charge in [-0.3, -0.25) is 25.2 Å². The van der Waals surface area contributed by atoms with Crippen molar-refractivity contribution in [1.29, 1.82) is 0 Å². The van der Waals surface area contributed by atoms with E-state index in [4.69, 9.17) is 16.3 Å². The molecule has 6 nitrogen and oxygen atoms in total. The Hall–Kier alpha value is -1.38. The summed E-state index contributed by atoms with van der Waals surface area (Å²) in [5, 5.41) is 1.21. The molecule has 2 N–H and O–H groups in total. The van der Waals surface area contributed by atoms with Gasteiger partial charge in [0, 0.05) is 28.0 Å². The zero-order chi connectivity index (χ0) is 18.8. The van der Waals surface area contributed by atoms with E-state index < -0.39 is 24.4 Å². The highest BCUT2D eigenvalue weighted by atomic mass is 35.5. The van der Waals surface area contributed by atoms with E-state index in [1.807, 2.05) is 21.6 Å². The lowest BCUT2D eigenvalue weighted by atomic mass is 10.1. The summed E-state index contributed by atoms with van der Waals surface area (Å²) in [4.78, 5) is 35.0. The fourth-order valence-corrected chi connectivity index (χ4v) is 5.41. The molecule has 0 unspecified atom stereocenters. The normalized spacial score (nSPS) is 16.1. The van der Waals surface area contributed by atoms with Crippen molar-refractivity contribution >= 4 is 51.0 Å². The van der Waals surface area contributed by atoms with Crippen LogP contribution in [0.25, 0.3) is 0 Å². The lowest BCUT2D eigenvalue weighted by Gasteiger charge is -2.09. The quantitative estimate of drug-likeness (QED) is 0.292. The molecule has 1 aliphatic rings. The zero-order valence-electron chi connectivity index (χ0n) is 14.2. The number of halogens is 1. The first-order valence-electron chi connectivity index (χ1n) is 8.33. The largest absolute Gasteiger partial charge is 0.455 e. The average Bonchev–Trinajstić information content (AvgIpc) is 3.15. The number of hydrogen-bond acceptors (Lipinski definition) is 6. The number of hydrazine groups is 1. The van der Waals surface area contributed by atoms with Crippen LogP contribution in [-0.2, 0) is 14.3 Å². The van der Waals surface area contributed by atoms with E-state index in [0.29, 0.717) is 22.3 Å². The highest BCUT2D eigenvalue weighted by Gasteiger charge is 2.16. The summed E-state index contributed by atoms with van der Waals surface area (Å²) in [5.74, 6) is -0.275. The number of unbranched alkanes of at least 4 members (excludes halogenated alkanes) is 1. The molecule has 0 spiro atoms. The van der Waals surface area contributed by atoms with Crippen LogP contribution in [0.2, 0.25) is 5.02 Å². The summed E-state index contributed by atoms with van der Waals surface area (Å²) in [6.45, 7) is -0.422. The molecule has 2 amide bonds.